The molecule has 0 aliphatic heterocycles. The minimum absolute atomic E-state index is 0. The molecule has 0 radical (unpaired) electrons. The van der Waals surface area contributed by atoms with Crippen LogP contribution in [0.4, 0.5) is 11.4 Å². The highest BCUT2D eigenvalue weighted by atomic mass is 35.5. The lowest BCUT2D eigenvalue weighted by Crippen LogP contribution is -2.07. The molecular formula is C17H19ClN2O. The lowest BCUT2D eigenvalue weighted by molar-refractivity contribution is -0.354. The molecule has 0 heterocycles. The van der Waals surface area contributed by atoms with E-state index < -0.39 is 0 Å². The predicted molar refractivity (Wildman–Crippen MR) is 92.8 cm³/mol. The van der Waals surface area contributed by atoms with Crippen molar-refractivity contribution in [2.45, 2.75) is 0 Å². The first-order valence-corrected chi connectivity index (χ1v) is 6.47. The number of benzene rings is 2. The number of halogens is 1. The fraction of sp³-hybridized carbons (Fsp3) is 0.118. The summed E-state index contributed by atoms with van der Waals surface area (Å²) in [6, 6.07) is 17.3. The molecule has 0 spiro atoms. The van der Waals surface area contributed by atoms with Gasteiger partial charge < -0.3 is 10.1 Å². The zero-order valence-electron chi connectivity index (χ0n) is 12.1. The van der Waals surface area contributed by atoms with E-state index in [9.17, 15) is 5.21 Å². The molecule has 0 amide bonds. The lowest BCUT2D eigenvalue weighted by atomic mass is 10.2. The van der Waals surface area contributed by atoms with Crippen molar-refractivity contribution in [3.63, 3.8) is 0 Å². The molecule has 2 rings (SSSR count). The average Bonchev–Trinajstić information content (AvgIpc) is 2.48. The predicted octanol–water partition coefficient (Wildman–Crippen LogP) is 4.10. The molecule has 0 atom stereocenters. The van der Waals surface area contributed by atoms with Gasteiger partial charge in [0.25, 0.3) is 0 Å². The van der Waals surface area contributed by atoms with Gasteiger partial charge in [0.05, 0.1) is 0 Å². The Hall–Kier alpha value is -2.26. The Bertz CT molecular complexity index is 604. The monoisotopic (exact) mass is 302 g/mol. The number of para-hydroxylation sites is 1. The molecule has 3 nitrogen and oxygen atoms in total. The molecule has 0 saturated carbocycles. The summed E-state index contributed by atoms with van der Waals surface area (Å²) >= 11 is 0. The lowest BCUT2D eigenvalue weighted by Gasteiger charge is -2.11. The summed E-state index contributed by atoms with van der Waals surface area (Å²) in [7, 11) is 4.02. The molecule has 4 heteroatoms. The second kappa shape index (κ2) is 8.12. The van der Waals surface area contributed by atoms with Gasteiger partial charge in [0.2, 0.25) is 5.69 Å². The van der Waals surface area contributed by atoms with Crippen LogP contribution in [0, 0.1) is 5.21 Å². The van der Waals surface area contributed by atoms with Gasteiger partial charge in [0.1, 0.15) is 0 Å². The van der Waals surface area contributed by atoms with Crippen molar-refractivity contribution < 1.29 is 4.74 Å². The molecule has 0 aliphatic rings. The largest absolute Gasteiger partial charge is 0.618 e. The Labute approximate surface area is 131 Å². The molecule has 21 heavy (non-hydrogen) atoms. The second-order valence-electron chi connectivity index (χ2n) is 4.66. The van der Waals surface area contributed by atoms with Crippen molar-refractivity contribution in [3.05, 3.63) is 71.4 Å². The quantitative estimate of drug-likeness (QED) is 0.368. The second-order valence-corrected chi connectivity index (χ2v) is 4.66. The van der Waals surface area contributed by atoms with Crippen LogP contribution >= 0.6 is 12.4 Å². The molecule has 2 aromatic carbocycles. The zero-order valence-corrected chi connectivity index (χ0v) is 13.0. The van der Waals surface area contributed by atoms with Crippen LogP contribution in [0.5, 0.6) is 0 Å². The number of nitrogens with zero attached hydrogens (tertiary/aromatic N) is 2. The van der Waals surface area contributed by atoms with Crippen LogP contribution in [0.2, 0.25) is 0 Å². The number of hydrogen-bond donors (Lipinski definition) is 0. The van der Waals surface area contributed by atoms with E-state index in [1.54, 1.807) is 18.2 Å². The van der Waals surface area contributed by atoms with E-state index in [0.717, 1.165) is 16.0 Å². The van der Waals surface area contributed by atoms with Gasteiger partial charge in [-0.3, -0.25) is 0 Å². The highest BCUT2D eigenvalue weighted by molar-refractivity contribution is 5.85. The Balaban J connectivity index is 0.00000220. The van der Waals surface area contributed by atoms with Crippen molar-refractivity contribution in [3.8, 4) is 0 Å². The summed E-state index contributed by atoms with van der Waals surface area (Å²) in [6.07, 6.45) is 5.17. The van der Waals surface area contributed by atoms with Crippen molar-refractivity contribution in [2.75, 3.05) is 19.0 Å². The number of allylic oxidation sites excluding steroid dienone is 1. The Morgan fingerprint density at radius 2 is 1.57 bits per heavy atom. The highest BCUT2D eigenvalue weighted by Crippen LogP contribution is 2.13. The summed E-state index contributed by atoms with van der Waals surface area (Å²) in [6.45, 7) is 0. The standard InChI is InChI=1S/C17H18N2O.ClH/c1-18(2)16-12-10-15(11-13-16)7-6-14-19(20)17-8-4-3-5-9-17;/h3-14H,1-2H3;1H. The Morgan fingerprint density at radius 3 is 2.14 bits per heavy atom. The third-order valence-corrected chi connectivity index (χ3v) is 2.93. The summed E-state index contributed by atoms with van der Waals surface area (Å²) in [5.74, 6) is 0. The van der Waals surface area contributed by atoms with E-state index in [0.29, 0.717) is 5.69 Å². The third kappa shape index (κ3) is 4.97. The van der Waals surface area contributed by atoms with E-state index in [-0.39, 0.29) is 12.4 Å². The maximum atomic E-state index is 11.8. The molecule has 0 aromatic heterocycles. The molecule has 0 aliphatic carbocycles. The zero-order chi connectivity index (χ0) is 14.4. The van der Waals surface area contributed by atoms with Crippen LogP contribution in [0.1, 0.15) is 5.56 Å². The highest BCUT2D eigenvalue weighted by Gasteiger charge is 1.96. The van der Waals surface area contributed by atoms with Crippen LogP contribution in [-0.2, 0) is 0 Å². The Morgan fingerprint density at radius 1 is 0.952 bits per heavy atom. The van der Waals surface area contributed by atoms with Crippen molar-refractivity contribution >= 4 is 36.1 Å². The van der Waals surface area contributed by atoms with E-state index in [2.05, 4.69) is 4.90 Å². The first-order chi connectivity index (χ1) is 9.66. The van der Waals surface area contributed by atoms with Gasteiger partial charge in [-0.25, -0.2) is 0 Å². The first kappa shape index (κ1) is 16.8. The average molecular weight is 303 g/mol. The Kier molecular flexibility index (Phi) is 6.50. The molecule has 0 fully saturated rings. The number of rotatable bonds is 4. The summed E-state index contributed by atoms with van der Waals surface area (Å²) in [5, 5.41) is 11.8. The molecule has 0 N–H and O–H groups in total. The van der Waals surface area contributed by atoms with Crippen LogP contribution in [0.3, 0.4) is 0 Å². The minimum Gasteiger partial charge on any atom is -0.618 e. The van der Waals surface area contributed by atoms with Crippen molar-refractivity contribution in [1.82, 2.24) is 0 Å². The number of hydrogen-bond acceptors (Lipinski definition) is 2. The topological polar surface area (TPSA) is 29.3 Å². The first-order valence-electron chi connectivity index (χ1n) is 6.47. The van der Waals surface area contributed by atoms with Gasteiger partial charge in [-0.1, -0.05) is 30.3 Å². The van der Waals surface area contributed by atoms with E-state index in [1.165, 1.54) is 6.21 Å². The van der Waals surface area contributed by atoms with Gasteiger partial charge >= 0.3 is 0 Å². The maximum absolute atomic E-state index is 11.8. The molecule has 0 saturated heterocycles. The smallest absolute Gasteiger partial charge is 0.216 e. The van der Waals surface area contributed by atoms with E-state index in [4.69, 9.17) is 0 Å². The van der Waals surface area contributed by atoms with Gasteiger partial charge in [0, 0.05) is 38.0 Å². The third-order valence-electron chi connectivity index (χ3n) is 2.93. The van der Waals surface area contributed by atoms with Crippen molar-refractivity contribution in [2.24, 2.45) is 0 Å². The van der Waals surface area contributed by atoms with E-state index in [1.807, 2.05) is 62.6 Å². The summed E-state index contributed by atoms with van der Waals surface area (Å²) in [4.78, 5) is 2.05. The van der Waals surface area contributed by atoms with Crippen LogP contribution < -0.4 is 4.90 Å². The molecule has 0 bridgehead atoms. The van der Waals surface area contributed by atoms with Crippen LogP contribution in [-0.4, -0.2) is 25.0 Å². The molecule has 110 valence electrons. The summed E-state index contributed by atoms with van der Waals surface area (Å²) in [5.41, 5.74) is 2.84. The fourth-order valence-electron chi connectivity index (χ4n) is 1.78. The van der Waals surface area contributed by atoms with Crippen LogP contribution in [0.15, 0.2) is 60.7 Å². The molecule has 0 unspecified atom stereocenters. The maximum Gasteiger partial charge on any atom is 0.216 e. The molecule has 2 aromatic rings. The van der Waals surface area contributed by atoms with Gasteiger partial charge in [-0.2, -0.15) is 4.74 Å². The van der Waals surface area contributed by atoms with Crippen LogP contribution in [0.25, 0.3) is 6.08 Å². The van der Waals surface area contributed by atoms with Crippen molar-refractivity contribution in [1.29, 1.82) is 0 Å². The minimum atomic E-state index is 0. The SMILES string of the molecule is CN(C)c1ccc(C=CC=[N+]([O-])c2ccccc2)cc1.Cl. The van der Waals surface area contributed by atoms with Gasteiger partial charge in [0.15, 0.2) is 6.21 Å². The van der Waals surface area contributed by atoms with Gasteiger partial charge in [-0.05, 0) is 23.8 Å². The number of anilines is 1. The molecular weight excluding hydrogens is 284 g/mol. The normalized spacial score (nSPS) is 11.2. The summed E-state index contributed by atoms with van der Waals surface area (Å²) < 4.78 is 0.852. The fourth-order valence-corrected chi connectivity index (χ4v) is 1.78. The van der Waals surface area contributed by atoms with Gasteiger partial charge in [-0.15, -0.1) is 12.4 Å². The van der Waals surface area contributed by atoms with E-state index >= 15 is 0 Å².